The lowest BCUT2D eigenvalue weighted by Gasteiger charge is -2.25. The van der Waals surface area contributed by atoms with Crippen molar-refractivity contribution in [2.75, 3.05) is 13.2 Å². The molecule has 0 fully saturated rings. The molecule has 2 aromatic rings. The number of ether oxygens (including phenoxy) is 2. The number of carbonyl (C=O) groups excluding carboxylic acids is 1. The van der Waals surface area contributed by atoms with E-state index >= 15 is 0 Å². The van der Waals surface area contributed by atoms with Crippen molar-refractivity contribution in [2.24, 2.45) is 5.92 Å². The van der Waals surface area contributed by atoms with Gasteiger partial charge in [-0.05, 0) is 41.3 Å². The van der Waals surface area contributed by atoms with Gasteiger partial charge in [0.05, 0.1) is 12.5 Å². The van der Waals surface area contributed by atoms with Crippen LogP contribution < -0.4 is 14.8 Å². The molecule has 0 saturated carbocycles. The average molecular weight is 404 g/mol. The van der Waals surface area contributed by atoms with Crippen molar-refractivity contribution >= 4 is 21.8 Å². The first-order valence-corrected chi connectivity index (χ1v) is 9.25. The molecule has 25 heavy (non-hydrogen) atoms. The summed E-state index contributed by atoms with van der Waals surface area (Å²) < 4.78 is 12.2. The Balaban J connectivity index is 1.72. The summed E-state index contributed by atoms with van der Waals surface area (Å²) in [6, 6.07) is 13.6. The fourth-order valence-electron chi connectivity index (χ4n) is 2.90. The highest BCUT2D eigenvalue weighted by Gasteiger charge is 2.21. The smallest absolute Gasteiger partial charge is 0.224 e. The summed E-state index contributed by atoms with van der Waals surface area (Å²) in [7, 11) is 0. The van der Waals surface area contributed by atoms with Crippen LogP contribution in [0.4, 0.5) is 0 Å². The number of hydrogen-bond acceptors (Lipinski definition) is 3. The lowest BCUT2D eigenvalue weighted by molar-refractivity contribution is -0.121. The SMILES string of the molecule is CC(C)C(NC(=O)Cc1ccc(Br)cc1)c1ccc2c(c1)OCCO2. The van der Waals surface area contributed by atoms with Gasteiger partial charge in [-0.15, -0.1) is 0 Å². The maximum absolute atomic E-state index is 12.5. The van der Waals surface area contributed by atoms with Gasteiger partial charge in [-0.25, -0.2) is 0 Å². The molecule has 2 aromatic carbocycles. The van der Waals surface area contributed by atoms with Crippen LogP contribution in [0.15, 0.2) is 46.9 Å². The van der Waals surface area contributed by atoms with Crippen molar-refractivity contribution in [3.63, 3.8) is 0 Å². The Morgan fingerprint density at radius 1 is 1.08 bits per heavy atom. The fraction of sp³-hybridized carbons (Fsp3) is 0.350. The number of rotatable bonds is 5. The molecule has 0 bridgehead atoms. The van der Waals surface area contributed by atoms with E-state index in [4.69, 9.17) is 9.47 Å². The van der Waals surface area contributed by atoms with E-state index < -0.39 is 0 Å². The summed E-state index contributed by atoms with van der Waals surface area (Å²) in [6.45, 7) is 5.32. The minimum atomic E-state index is -0.0706. The van der Waals surface area contributed by atoms with Crippen molar-refractivity contribution in [3.8, 4) is 11.5 Å². The monoisotopic (exact) mass is 403 g/mol. The molecule has 5 heteroatoms. The molecule has 1 N–H and O–H groups in total. The van der Waals surface area contributed by atoms with Gasteiger partial charge in [-0.2, -0.15) is 0 Å². The minimum Gasteiger partial charge on any atom is -0.486 e. The van der Waals surface area contributed by atoms with Crippen molar-refractivity contribution in [2.45, 2.75) is 26.3 Å². The Kier molecular flexibility index (Phi) is 5.63. The molecule has 0 saturated heterocycles. The van der Waals surface area contributed by atoms with Gasteiger partial charge in [0.15, 0.2) is 11.5 Å². The molecular formula is C20H22BrNO3. The molecule has 0 spiro atoms. The molecule has 0 aliphatic carbocycles. The molecule has 0 aromatic heterocycles. The maximum Gasteiger partial charge on any atom is 0.224 e. The zero-order valence-corrected chi connectivity index (χ0v) is 16.0. The predicted molar refractivity (Wildman–Crippen MR) is 101 cm³/mol. The molecule has 3 rings (SSSR count). The molecule has 132 valence electrons. The van der Waals surface area contributed by atoms with Crippen LogP contribution in [0.1, 0.15) is 31.0 Å². The highest BCUT2D eigenvalue weighted by atomic mass is 79.9. The lowest BCUT2D eigenvalue weighted by atomic mass is 9.95. The Hall–Kier alpha value is -2.01. The van der Waals surface area contributed by atoms with Crippen LogP contribution in [0.3, 0.4) is 0 Å². The molecule has 0 radical (unpaired) electrons. The Morgan fingerprint density at radius 2 is 1.76 bits per heavy atom. The van der Waals surface area contributed by atoms with Gasteiger partial charge in [0.1, 0.15) is 13.2 Å². The summed E-state index contributed by atoms with van der Waals surface area (Å²) in [4.78, 5) is 12.5. The summed E-state index contributed by atoms with van der Waals surface area (Å²) in [6.07, 6.45) is 0.362. The predicted octanol–water partition coefficient (Wildman–Crippen LogP) is 4.28. The molecule has 1 amide bonds. The van der Waals surface area contributed by atoms with Crippen LogP contribution in [-0.2, 0) is 11.2 Å². The first-order valence-electron chi connectivity index (χ1n) is 8.46. The maximum atomic E-state index is 12.5. The largest absolute Gasteiger partial charge is 0.486 e. The fourth-order valence-corrected chi connectivity index (χ4v) is 3.16. The number of hydrogen-bond donors (Lipinski definition) is 1. The van der Waals surface area contributed by atoms with E-state index in [1.807, 2.05) is 42.5 Å². The molecule has 1 heterocycles. The standard InChI is InChI=1S/C20H22BrNO3/c1-13(2)20(15-5-8-17-18(12-15)25-10-9-24-17)22-19(23)11-14-3-6-16(21)7-4-14/h3-8,12-13,20H,9-11H2,1-2H3,(H,22,23). The molecule has 1 atom stereocenters. The van der Waals surface area contributed by atoms with Crippen molar-refractivity contribution in [3.05, 3.63) is 58.1 Å². The van der Waals surface area contributed by atoms with E-state index in [0.717, 1.165) is 27.1 Å². The van der Waals surface area contributed by atoms with Gasteiger partial charge in [0.2, 0.25) is 5.91 Å². The van der Waals surface area contributed by atoms with Gasteiger partial charge in [0, 0.05) is 4.47 Å². The topological polar surface area (TPSA) is 47.6 Å². The molecule has 1 unspecified atom stereocenters. The van der Waals surface area contributed by atoms with E-state index in [0.29, 0.717) is 19.6 Å². The van der Waals surface area contributed by atoms with E-state index in [-0.39, 0.29) is 17.9 Å². The Bertz CT molecular complexity index is 743. The summed E-state index contributed by atoms with van der Waals surface area (Å²) in [5, 5.41) is 3.16. The van der Waals surface area contributed by atoms with Crippen molar-refractivity contribution in [1.29, 1.82) is 0 Å². The number of benzene rings is 2. The second-order valence-electron chi connectivity index (χ2n) is 6.50. The van der Waals surface area contributed by atoms with Gasteiger partial charge < -0.3 is 14.8 Å². The first kappa shape index (κ1) is 17.8. The first-order chi connectivity index (χ1) is 12.0. The zero-order chi connectivity index (χ0) is 17.8. The number of amides is 1. The van der Waals surface area contributed by atoms with Crippen LogP contribution in [0.5, 0.6) is 11.5 Å². The summed E-state index contributed by atoms with van der Waals surface area (Å²) in [5.41, 5.74) is 2.02. The van der Waals surface area contributed by atoms with Crippen LogP contribution in [-0.4, -0.2) is 19.1 Å². The van der Waals surface area contributed by atoms with E-state index in [1.165, 1.54) is 0 Å². The van der Waals surface area contributed by atoms with Gasteiger partial charge in [-0.3, -0.25) is 4.79 Å². The van der Waals surface area contributed by atoms with Crippen LogP contribution >= 0.6 is 15.9 Å². The highest BCUT2D eigenvalue weighted by Crippen LogP contribution is 2.34. The van der Waals surface area contributed by atoms with Crippen LogP contribution in [0.25, 0.3) is 0 Å². The van der Waals surface area contributed by atoms with Gasteiger partial charge in [-0.1, -0.05) is 48.0 Å². The number of halogens is 1. The van der Waals surface area contributed by atoms with E-state index in [1.54, 1.807) is 0 Å². The van der Waals surface area contributed by atoms with Crippen molar-refractivity contribution < 1.29 is 14.3 Å². The third kappa shape index (κ3) is 4.54. The van der Waals surface area contributed by atoms with Crippen LogP contribution in [0.2, 0.25) is 0 Å². The summed E-state index contributed by atoms with van der Waals surface area (Å²) >= 11 is 3.41. The zero-order valence-electron chi connectivity index (χ0n) is 14.4. The summed E-state index contributed by atoms with van der Waals surface area (Å²) in [5.74, 6) is 1.78. The minimum absolute atomic E-state index is 0.0101. The third-order valence-corrected chi connectivity index (χ3v) is 4.72. The highest BCUT2D eigenvalue weighted by molar-refractivity contribution is 9.10. The van der Waals surface area contributed by atoms with Gasteiger partial charge in [0.25, 0.3) is 0 Å². The van der Waals surface area contributed by atoms with Crippen LogP contribution in [0, 0.1) is 5.92 Å². The molecular weight excluding hydrogens is 382 g/mol. The van der Waals surface area contributed by atoms with E-state index in [2.05, 4.69) is 35.1 Å². The van der Waals surface area contributed by atoms with Gasteiger partial charge >= 0.3 is 0 Å². The third-order valence-electron chi connectivity index (χ3n) is 4.19. The second kappa shape index (κ2) is 7.91. The molecule has 1 aliphatic rings. The Morgan fingerprint density at radius 3 is 2.44 bits per heavy atom. The number of carbonyl (C=O) groups is 1. The Labute approximate surface area is 156 Å². The number of fused-ring (bicyclic) bond motifs is 1. The average Bonchev–Trinajstić information content (AvgIpc) is 2.61. The number of nitrogens with one attached hydrogen (secondary N) is 1. The van der Waals surface area contributed by atoms with E-state index in [9.17, 15) is 4.79 Å². The normalized spacial score (nSPS) is 14.2. The molecule has 1 aliphatic heterocycles. The lowest BCUT2D eigenvalue weighted by Crippen LogP contribution is -2.33. The molecule has 4 nitrogen and oxygen atoms in total. The second-order valence-corrected chi connectivity index (χ2v) is 7.41. The van der Waals surface area contributed by atoms with Crippen molar-refractivity contribution in [1.82, 2.24) is 5.32 Å². The quantitative estimate of drug-likeness (QED) is 0.810.